The number of nitrogens with one attached hydrogen (secondary N) is 2. The molecule has 1 aliphatic heterocycles. The topological polar surface area (TPSA) is 39.7 Å². The quantitative estimate of drug-likeness (QED) is 0.602. The maximum absolute atomic E-state index is 4.57. The zero-order chi connectivity index (χ0) is 13.8. The van der Waals surface area contributed by atoms with Crippen molar-refractivity contribution < 1.29 is 0 Å². The first kappa shape index (κ1) is 14.6. The van der Waals surface area contributed by atoms with Crippen molar-refractivity contribution in [1.29, 1.82) is 0 Å². The lowest BCUT2D eigenvalue weighted by Crippen LogP contribution is -2.50. The summed E-state index contributed by atoms with van der Waals surface area (Å²) in [5, 5.41) is 7.17. The lowest BCUT2D eigenvalue weighted by atomic mass is 10.0. The summed E-state index contributed by atoms with van der Waals surface area (Å²) in [6.45, 7) is 12.2. The van der Waals surface area contributed by atoms with Gasteiger partial charge in [0.2, 0.25) is 0 Å². The highest BCUT2D eigenvalue weighted by Crippen LogP contribution is 2.28. The molecular weight excluding hydrogens is 236 g/mol. The number of likely N-dealkylation sites (tertiary alicyclic amines) is 1. The number of aliphatic imine (C=N–C) groups is 1. The van der Waals surface area contributed by atoms with Crippen molar-refractivity contribution in [2.75, 3.05) is 19.6 Å². The van der Waals surface area contributed by atoms with E-state index in [0.29, 0.717) is 18.1 Å². The number of hydrogen-bond acceptors (Lipinski definition) is 2. The van der Waals surface area contributed by atoms with Gasteiger partial charge in [0.25, 0.3) is 0 Å². The molecule has 2 rings (SSSR count). The second-order valence-corrected chi connectivity index (χ2v) is 6.34. The minimum Gasteiger partial charge on any atom is -0.354 e. The Hall–Kier alpha value is -0.770. The highest BCUT2D eigenvalue weighted by molar-refractivity contribution is 5.80. The molecule has 2 unspecified atom stereocenters. The Morgan fingerprint density at radius 3 is 2.37 bits per heavy atom. The summed E-state index contributed by atoms with van der Waals surface area (Å²) < 4.78 is 0. The first-order valence-corrected chi connectivity index (χ1v) is 7.91. The Labute approximate surface area is 118 Å². The van der Waals surface area contributed by atoms with Gasteiger partial charge < -0.3 is 15.5 Å². The minimum atomic E-state index is 0.585. The second-order valence-electron chi connectivity index (χ2n) is 6.34. The molecule has 2 aliphatic rings. The van der Waals surface area contributed by atoms with Gasteiger partial charge in [-0.15, -0.1) is 0 Å². The summed E-state index contributed by atoms with van der Waals surface area (Å²) in [5.41, 5.74) is 0. The van der Waals surface area contributed by atoms with Crippen molar-refractivity contribution in [2.24, 2.45) is 10.9 Å². The number of rotatable bonds is 4. The fourth-order valence-corrected chi connectivity index (χ4v) is 2.74. The standard InChI is InChI=1S/C15H30N4/c1-5-16-15(18-14-10-12(14)4)17-13-6-8-19(9-7-13)11(2)3/h11-14H,5-10H2,1-4H3,(H2,16,17,18). The van der Waals surface area contributed by atoms with Gasteiger partial charge in [-0.3, -0.25) is 4.99 Å². The molecule has 0 amide bonds. The van der Waals surface area contributed by atoms with E-state index in [0.717, 1.165) is 18.4 Å². The van der Waals surface area contributed by atoms with Gasteiger partial charge in [0.1, 0.15) is 0 Å². The van der Waals surface area contributed by atoms with Crippen LogP contribution in [0.4, 0.5) is 0 Å². The summed E-state index contributed by atoms with van der Waals surface area (Å²) in [7, 11) is 0. The number of piperidine rings is 1. The average Bonchev–Trinajstić information content (AvgIpc) is 3.06. The predicted octanol–water partition coefficient (Wildman–Crippen LogP) is 1.82. The highest BCUT2D eigenvalue weighted by atomic mass is 15.2. The van der Waals surface area contributed by atoms with Gasteiger partial charge >= 0.3 is 0 Å². The maximum Gasteiger partial charge on any atom is 0.191 e. The third-order valence-corrected chi connectivity index (χ3v) is 4.35. The molecule has 4 heteroatoms. The van der Waals surface area contributed by atoms with Crippen molar-refractivity contribution in [3.63, 3.8) is 0 Å². The summed E-state index contributed by atoms with van der Waals surface area (Å²) >= 11 is 0. The second kappa shape index (κ2) is 6.60. The molecule has 4 nitrogen and oxygen atoms in total. The number of guanidine groups is 1. The van der Waals surface area contributed by atoms with Crippen LogP contribution in [0.15, 0.2) is 4.99 Å². The van der Waals surface area contributed by atoms with Gasteiger partial charge in [0.05, 0.1) is 0 Å². The molecule has 0 bridgehead atoms. The Kier molecular flexibility index (Phi) is 5.08. The van der Waals surface area contributed by atoms with Crippen molar-refractivity contribution in [3.05, 3.63) is 0 Å². The lowest BCUT2D eigenvalue weighted by Gasteiger charge is -2.35. The van der Waals surface area contributed by atoms with Crippen molar-refractivity contribution in [3.8, 4) is 0 Å². The van der Waals surface area contributed by atoms with Crippen LogP contribution in [0.2, 0.25) is 0 Å². The summed E-state index contributed by atoms with van der Waals surface area (Å²) in [4.78, 5) is 7.13. The molecule has 2 N–H and O–H groups in total. The van der Waals surface area contributed by atoms with E-state index in [4.69, 9.17) is 0 Å². The van der Waals surface area contributed by atoms with E-state index in [1.807, 2.05) is 0 Å². The van der Waals surface area contributed by atoms with Gasteiger partial charge in [0.15, 0.2) is 5.96 Å². The fourth-order valence-electron chi connectivity index (χ4n) is 2.74. The average molecular weight is 266 g/mol. The summed E-state index contributed by atoms with van der Waals surface area (Å²) in [5.74, 6) is 1.84. The van der Waals surface area contributed by atoms with Crippen LogP contribution >= 0.6 is 0 Å². The maximum atomic E-state index is 4.57. The van der Waals surface area contributed by atoms with E-state index in [9.17, 15) is 0 Å². The monoisotopic (exact) mass is 266 g/mol. The molecule has 2 fully saturated rings. The van der Waals surface area contributed by atoms with Gasteiger partial charge in [-0.25, -0.2) is 0 Å². The molecule has 1 aliphatic carbocycles. The molecular formula is C15H30N4. The van der Waals surface area contributed by atoms with Crippen LogP contribution in [0.3, 0.4) is 0 Å². The van der Waals surface area contributed by atoms with Gasteiger partial charge in [-0.05, 0) is 46.0 Å². The van der Waals surface area contributed by atoms with Crippen LogP contribution < -0.4 is 10.6 Å². The molecule has 2 atom stereocenters. The molecule has 19 heavy (non-hydrogen) atoms. The van der Waals surface area contributed by atoms with Crippen LogP contribution in [0, 0.1) is 5.92 Å². The van der Waals surface area contributed by atoms with Gasteiger partial charge in [-0.2, -0.15) is 0 Å². The van der Waals surface area contributed by atoms with E-state index in [1.165, 1.54) is 32.4 Å². The zero-order valence-corrected chi connectivity index (χ0v) is 12.9. The van der Waals surface area contributed by atoms with Crippen LogP contribution in [0.25, 0.3) is 0 Å². The number of nitrogens with zero attached hydrogens (tertiary/aromatic N) is 2. The van der Waals surface area contributed by atoms with Crippen LogP contribution in [0.5, 0.6) is 0 Å². The van der Waals surface area contributed by atoms with Crippen molar-refractivity contribution in [1.82, 2.24) is 15.5 Å². The third kappa shape index (κ3) is 4.37. The van der Waals surface area contributed by atoms with E-state index >= 15 is 0 Å². The van der Waals surface area contributed by atoms with E-state index in [1.54, 1.807) is 0 Å². The van der Waals surface area contributed by atoms with Gasteiger partial charge in [-0.1, -0.05) is 6.92 Å². The van der Waals surface area contributed by atoms with Crippen LogP contribution in [-0.4, -0.2) is 48.6 Å². The first-order chi connectivity index (χ1) is 9.10. The molecule has 0 spiro atoms. The molecule has 1 heterocycles. The Bertz CT molecular complexity index is 305. The Morgan fingerprint density at radius 1 is 1.26 bits per heavy atom. The third-order valence-electron chi connectivity index (χ3n) is 4.35. The SMILES string of the molecule is CCN=C(NC1CCN(C(C)C)CC1)NC1CC1C. The molecule has 110 valence electrons. The van der Waals surface area contributed by atoms with E-state index in [-0.39, 0.29) is 0 Å². The fraction of sp³-hybridized carbons (Fsp3) is 0.933. The Morgan fingerprint density at radius 2 is 1.89 bits per heavy atom. The zero-order valence-electron chi connectivity index (χ0n) is 12.9. The minimum absolute atomic E-state index is 0.585. The summed E-state index contributed by atoms with van der Waals surface area (Å²) in [6, 6.07) is 1.91. The first-order valence-electron chi connectivity index (χ1n) is 7.91. The smallest absolute Gasteiger partial charge is 0.191 e. The van der Waals surface area contributed by atoms with Crippen LogP contribution in [-0.2, 0) is 0 Å². The summed E-state index contributed by atoms with van der Waals surface area (Å²) in [6.07, 6.45) is 3.74. The van der Waals surface area contributed by atoms with Crippen molar-refractivity contribution in [2.45, 2.75) is 65.1 Å². The molecule has 1 saturated heterocycles. The van der Waals surface area contributed by atoms with E-state index in [2.05, 4.69) is 48.2 Å². The van der Waals surface area contributed by atoms with Crippen molar-refractivity contribution >= 4 is 5.96 Å². The van der Waals surface area contributed by atoms with Crippen LogP contribution in [0.1, 0.15) is 47.0 Å². The predicted molar refractivity (Wildman–Crippen MR) is 81.5 cm³/mol. The highest BCUT2D eigenvalue weighted by Gasteiger charge is 2.33. The van der Waals surface area contributed by atoms with Gasteiger partial charge in [0, 0.05) is 37.8 Å². The van der Waals surface area contributed by atoms with E-state index < -0.39 is 0 Å². The Balaban J connectivity index is 1.77. The molecule has 0 radical (unpaired) electrons. The normalized spacial score (nSPS) is 29.6. The largest absolute Gasteiger partial charge is 0.354 e. The molecule has 0 aromatic heterocycles. The molecule has 0 aromatic rings. The molecule has 1 saturated carbocycles. The lowest BCUT2D eigenvalue weighted by molar-refractivity contribution is 0.167. The number of hydrogen-bond donors (Lipinski definition) is 2. The molecule has 0 aromatic carbocycles.